The summed E-state index contributed by atoms with van der Waals surface area (Å²) in [5.41, 5.74) is 5.25. The van der Waals surface area contributed by atoms with Crippen LogP contribution < -0.4 is 10.2 Å². The lowest BCUT2D eigenvalue weighted by atomic mass is 10.1. The van der Waals surface area contributed by atoms with Crippen molar-refractivity contribution in [2.45, 2.75) is 20.0 Å². The second-order valence-corrected chi connectivity index (χ2v) is 4.64. The molecule has 0 aliphatic carbocycles. The van der Waals surface area contributed by atoms with Crippen molar-refractivity contribution in [1.82, 2.24) is 4.68 Å². The van der Waals surface area contributed by atoms with E-state index in [1.807, 2.05) is 61.2 Å². The molecule has 4 heteroatoms. The predicted molar refractivity (Wildman–Crippen MR) is 76.1 cm³/mol. The van der Waals surface area contributed by atoms with Crippen LogP contribution in [0.5, 0.6) is 5.75 Å². The third-order valence-electron chi connectivity index (χ3n) is 2.94. The molecule has 0 fully saturated rings. The lowest BCUT2D eigenvalue weighted by Crippen LogP contribution is -2.30. The average molecular weight is 260 g/mol. The molecule has 1 heterocycles. The molecule has 0 aliphatic rings. The Kier molecular flexibility index (Phi) is 4.47. The van der Waals surface area contributed by atoms with Gasteiger partial charge in [0.15, 0.2) is 0 Å². The maximum Gasteiger partial charge on any atom is 0.125 e. The largest absolute Gasteiger partial charge is 0.490 e. The number of hydrogen-bond donors (Lipinski definition) is 2. The predicted octanol–water partition coefficient (Wildman–Crippen LogP) is 2.09. The summed E-state index contributed by atoms with van der Waals surface area (Å²) < 4.78 is 7.51. The van der Waals surface area contributed by atoms with Gasteiger partial charge in [-0.3, -0.25) is 4.68 Å². The standard InChI is InChI=1S/C15H20N2O2/c1-12-6-5-7-13(2)15(12)19-11-14(18)10-16-17-8-3-4-9-17/h3-9,14,16,18H,10-11H2,1-2H3. The van der Waals surface area contributed by atoms with Crippen LogP contribution in [0, 0.1) is 13.8 Å². The van der Waals surface area contributed by atoms with Gasteiger partial charge in [0.2, 0.25) is 0 Å². The molecule has 0 spiro atoms. The van der Waals surface area contributed by atoms with Crippen LogP contribution in [0.3, 0.4) is 0 Å². The van der Waals surface area contributed by atoms with E-state index >= 15 is 0 Å². The van der Waals surface area contributed by atoms with Gasteiger partial charge in [-0.15, -0.1) is 0 Å². The van der Waals surface area contributed by atoms with Gasteiger partial charge in [0.25, 0.3) is 0 Å². The van der Waals surface area contributed by atoms with Crippen molar-refractivity contribution in [2.75, 3.05) is 18.6 Å². The minimum Gasteiger partial charge on any atom is -0.490 e. The fourth-order valence-electron chi connectivity index (χ4n) is 1.92. The van der Waals surface area contributed by atoms with Crippen molar-refractivity contribution in [1.29, 1.82) is 0 Å². The highest BCUT2D eigenvalue weighted by Crippen LogP contribution is 2.22. The van der Waals surface area contributed by atoms with Gasteiger partial charge in [0, 0.05) is 12.4 Å². The first-order chi connectivity index (χ1) is 9.16. The molecule has 1 aromatic carbocycles. The topological polar surface area (TPSA) is 46.4 Å². The van der Waals surface area contributed by atoms with Crippen LogP contribution in [0.25, 0.3) is 0 Å². The number of rotatable bonds is 6. The summed E-state index contributed by atoms with van der Waals surface area (Å²) in [6.07, 6.45) is 3.22. The zero-order chi connectivity index (χ0) is 13.7. The van der Waals surface area contributed by atoms with E-state index in [0.29, 0.717) is 6.54 Å². The third kappa shape index (κ3) is 3.76. The van der Waals surface area contributed by atoms with Crippen molar-refractivity contribution in [3.63, 3.8) is 0 Å². The highest BCUT2D eigenvalue weighted by atomic mass is 16.5. The second kappa shape index (κ2) is 6.29. The molecule has 0 saturated carbocycles. The fraction of sp³-hybridized carbons (Fsp3) is 0.333. The number of aliphatic hydroxyl groups excluding tert-OH is 1. The van der Waals surface area contributed by atoms with E-state index in [1.165, 1.54) is 0 Å². The number of aryl methyl sites for hydroxylation is 2. The van der Waals surface area contributed by atoms with Crippen LogP contribution >= 0.6 is 0 Å². The Hall–Kier alpha value is -1.94. The molecule has 1 aromatic heterocycles. The van der Waals surface area contributed by atoms with E-state index in [2.05, 4.69) is 5.43 Å². The maximum absolute atomic E-state index is 9.89. The zero-order valence-electron chi connectivity index (χ0n) is 11.3. The molecule has 1 atom stereocenters. The summed E-state index contributed by atoms with van der Waals surface area (Å²) >= 11 is 0. The van der Waals surface area contributed by atoms with Gasteiger partial charge in [-0.05, 0) is 37.1 Å². The van der Waals surface area contributed by atoms with E-state index in [-0.39, 0.29) is 6.61 Å². The Bertz CT molecular complexity index is 489. The van der Waals surface area contributed by atoms with Crippen molar-refractivity contribution < 1.29 is 9.84 Å². The van der Waals surface area contributed by atoms with Gasteiger partial charge in [-0.2, -0.15) is 0 Å². The molecular weight excluding hydrogens is 240 g/mol. The van der Waals surface area contributed by atoms with Gasteiger partial charge >= 0.3 is 0 Å². The molecule has 102 valence electrons. The molecule has 0 bridgehead atoms. The second-order valence-electron chi connectivity index (χ2n) is 4.64. The quantitative estimate of drug-likeness (QED) is 0.836. The molecule has 0 amide bonds. The Morgan fingerprint density at radius 2 is 1.79 bits per heavy atom. The summed E-state index contributed by atoms with van der Waals surface area (Å²) in [5.74, 6) is 0.863. The molecule has 2 N–H and O–H groups in total. The van der Waals surface area contributed by atoms with Crippen LogP contribution in [0.2, 0.25) is 0 Å². The number of ether oxygens (including phenoxy) is 1. The number of benzene rings is 1. The first-order valence-corrected chi connectivity index (χ1v) is 6.41. The number of nitrogens with zero attached hydrogens (tertiary/aromatic N) is 1. The monoisotopic (exact) mass is 260 g/mol. The van der Waals surface area contributed by atoms with Gasteiger partial charge in [0.1, 0.15) is 18.5 Å². The minimum absolute atomic E-state index is 0.278. The lowest BCUT2D eigenvalue weighted by molar-refractivity contribution is 0.114. The summed E-state index contributed by atoms with van der Waals surface area (Å²) in [6, 6.07) is 9.86. The summed E-state index contributed by atoms with van der Waals surface area (Å²) in [4.78, 5) is 0. The molecule has 2 rings (SSSR count). The van der Waals surface area contributed by atoms with E-state index in [4.69, 9.17) is 4.74 Å². The molecular formula is C15H20N2O2. The Morgan fingerprint density at radius 1 is 1.16 bits per heavy atom. The number of nitrogens with one attached hydrogen (secondary N) is 1. The molecule has 0 radical (unpaired) electrons. The Balaban J connectivity index is 1.81. The van der Waals surface area contributed by atoms with E-state index < -0.39 is 6.10 Å². The number of aromatic nitrogens is 1. The summed E-state index contributed by atoms with van der Waals surface area (Å²) in [7, 11) is 0. The minimum atomic E-state index is -0.554. The molecule has 0 saturated heterocycles. The van der Waals surface area contributed by atoms with Gasteiger partial charge < -0.3 is 15.3 Å². The number of hydrogen-bond acceptors (Lipinski definition) is 3. The average Bonchev–Trinajstić information content (AvgIpc) is 2.89. The Labute approximate surface area is 113 Å². The van der Waals surface area contributed by atoms with Crippen molar-refractivity contribution in [3.8, 4) is 5.75 Å². The number of aliphatic hydroxyl groups is 1. The maximum atomic E-state index is 9.89. The van der Waals surface area contributed by atoms with Crippen molar-refractivity contribution >= 4 is 0 Å². The first-order valence-electron chi connectivity index (χ1n) is 6.41. The SMILES string of the molecule is Cc1cccc(C)c1OCC(O)CNn1cccc1. The number of para-hydroxylation sites is 1. The first kappa shape index (κ1) is 13.5. The fourth-order valence-corrected chi connectivity index (χ4v) is 1.92. The molecule has 19 heavy (non-hydrogen) atoms. The highest BCUT2D eigenvalue weighted by molar-refractivity contribution is 5.39. The normalized spacial score (nSPS) is 12.2. The van der Waals surface area contributed by atoms with Gasteiger partial charge in [-0.25, -0.2) is 0 Å². The van der Waals surface area contributed by atoms with Gasteiger partial charge in [-0.1, -0.05) is 18.2 Å². The van der Waals surface area contributed by atoms with Crippen LogP contribution in [0.15, 0.2) is 42.7 Å². The van der Waals surface area contributed by atoms with Crippen molar-refractivity contribution in [2.24, 2.45) is 0 Å². The van der Waals surface area contributed by atoms with Crippen LogP contribution in [0.4, 0.5) is 0 Å². The molecule has 1 unspecified atom stereocenters. The summed E-state index contributed by atoms with van der Waals surface area (Å²) in [6.45, 7) is 4.74. The molecule has 0 aliphatic heterocycles. The highest BCUT2D eigenvalue weighted by Gasteiger charge is 2.08. The van der Waals surface area contributed by atoms with Crippen molar-refractivity contribution in [3.05, 3.63) is 53.9 Å². The zero-order valence-corrected chi connectivity index (χ0v) is 11.3. The van der Waals surface area contributed by atoms with E-state index in [1.54, 1.807) is 0 Å². The molecule has 2 aromatic rings. The van der Waals surface area contributed by atoms with Crippen LogP contribution in [-0.4, -0.2) is 29.0 Å². The Morgan fingerprint density at radius 3 is 2.42 bits per heavy atom. The van der Waals surface area contributed by atoms with Crippen LogP contribution in [0.1, 0.15) is 11.1 Å². The van der Waals surface area contributed by atoms with Crippen LogP contribution in [-0.2, 0) is 0 Å². The third-order valence-corrected chi connectivity index (χ3v) is 2.94. The smallest absolute Gasteiger partial charge is 0.125 e. The summed E-state index contributed by atoms with van der Waals surface area (Å²) in [5, 5.41) is 9.89. The molecule has 4 nitrogen and oxygen atoms in total. The van der Waals surface area contributed by atoms with Gasteiger partial charge in [0.05, 0.1) is 6.54 Å². The van der Waals surface area contributed by atoms with E-state index in [0.717, 1.165) is 16.9 Å². The van der Waals surface area contributed by atoms with E-state index in [9.17, 15) is 5.11 Å². The lowest BCUT2D eigenvalue weighted by Gasteiger charge is -2.16.